The van der Waals surface area contributed by atoms with Gasteiger partial charge in [-0.05, 0) is 12.5 Å². The van der Waals surface area contributed by atoms with Crippen LogP contribution >= 0.6 is 0 Å². The van der Waals surface area contributed by atoms with E-state index >= 15 is 0 Å². The van der Waals surface area contributed by atoms with Crippen molar-refractivity contribution in [3.05, 3.63) is 65.7 Å². The zero-order valence-corrected chi connectivity index (χ0v) is 15.8. The first-order valence-electron chi connectivity index (χ1n) is 8.40. The van der Waals surface area contributed by atoms with Crippen molar-refractivity contribution in [2.24, 2.45) is 0 Å². The predicted molar refractivity (Wildman–Crippen MR) is 101 cm³/mol. The summed E-state index contributed by atoms with van der Waals surface area (Å²) in [5, 5.41) is 34.2. The van der Waals surface area contributed by atoms with E-state index < -0.39 is 48.4 Å². The van der Waals surface area contributed by atoms with E-state index in [1.807, 2.05) is 6.92 Å². The summed E-state index contributed by atoms with van der Waals surface area (Å²) in [5.41, 5.74) is -3.26. The van der Waals surface area contributed by atoms with Crippen LogP contribution in [0.25, 0.3) is 11.1 Å². The maximum Gasteiger partial charge on any atom is 0.285 e. The molecule has 1 aliphatic carbocycles. The van der Waals surface area contributed by atoms with Crippen molar-refractivity contribution in [3.8, 4) is 11.1 Å². The minimum Gasteiger partial charge on any atom is -0.289 e. The molecule has 1 atom stereocenters. The highest BCUT2D eigenvalue weighted by atomic mass is 32.2. The average Bonchev–Trinajstić information content (AvgIpc) is 2.96. The van der Waals surface area contributed by atoms with Crippen molar-refractivity contribution in [2.45, 2.75) is 24.7 Å². The molecular formula is C17H13N3O8S. The maximum atomic E-state index is 12.8. The van der Waals surface area contributed by atoms with Gasteiger partial charge in [-0.15, -0.1) is 0 Å². The fourth-order valence-corrected chi connectivity index (χ4v) is 4.44. The van der Waals surface area contributed by atoms with Gasteiger partial charge in [0.15, 0.2) is 5.78 Å². The van der Waals surface area contributed by atoms with Gasteiger partial charge < -0.3 is 0 Å². The van der Waals surface area contributed by atoms with E-state index in [9.17, 15) is 39.3 Å². The summed E-state index contributed by atoms with van der Waals surface area (Å²) in [7, 11) is -1.61. The summed E-state index contributed by atoms with van der Waals surface area (Å²) >= 11 is 0. The summed E-state index contributed by atoms with van der Waals surface area (Å²) in [6, 6.07) is 3.78. The van der Waals surface area contributed by atoms with Crippen LogP contribution in [0.1, 0.15) is 35.7 Å². The Balaban J connectivity index is 2.33. The number of ketones is 1. The third-order valence-electron chi connectivity index (χ3n) is 4.48. The van der Waals surface area contributed by atoms with Gasteiger partial charge in [-0.3, -0.25) is 39.3 Å². The SMILES string of the molecule is CCCC[S@@](=O)c1cc2c(c([N+](=O)[O-])c1)-c1c(cc([N+](=O)[O-])cc1[N+](=O)[O-])C2=O. The molecule has 0 aliphatic heterocycles. The van der Waals surface area contributed by atoms with Crippen LogP contribution in [0.2, 0.25) is 0 Å². The maximum absolute atomic E-state index is 12.8. The number of benzene rings is 2. The summed E-state index contributed by atoms with van der Waals surface area (Å²) < 4.78 is 12.5. The first-order valence-corrected chi connectivity index (χ1v) is 9.72. The molecule has 0 radical (unpaired) electrons. The Labute approximate surface area is 165 Å². The number of fused-ring (bicyclic) bond motifs is 3. The molecule has 0 fully saturated rings. The van der Waals surface area contributed by atoms with Gasteiger partial charge in [0.25, 0.3) is 17.1 Å². The Kier molecular flexibility index (Phi) is 5.20. The van der Waals surface area contributed by atoms with Gasteiger partial charge in [0.05, 0.1) is 42.8 Å². The number of carbonyl (C=O) groups excluding carboxylic acids is 1. The van der Waals surface area contributed by atoms with Gasteiger partial charge >= 0.3 is 0 Å². The lowest BCUT2D eigenvalue weighted by molar-refractivity contribution is -0.394. The molecule has 29 heavy (non-hydrogen) atoms. The topological polar surface area (TPSA) is 164 Å². The first-order chi connectivity index (χ1) is 13.7. The molecule has 1 aliphatic rings. The van der Waals surface area contributed by atoms with E-state index in [2.05, 4.69) is 0 Å². The number of unbranched alkanes of at least 4 members (excludes halogenated alkanes) is 1. The second kappa shape index (κ2) is 7.47. The van der Waals surface area contributed by atoms with E-state index in [1.165, 1.54) is 6.07 Å². The van der Waals surface area contributed by atoms with E-state index in [4.69, 9.17) is 0 Å². The van der Waals surface area contributed by atoms with Gasteiger partial charge in [-0.2, -0.15) is 0 Å². The Morgan fingerprint density at radius 1 is 0.862 bits per heavy atom. The summed E-state index contributed by atoms with van der Waals surface area (Å²) in [6.07, 6.45) is 1.35. The molecule has 0 aromatic heterocycles. The van der Waals surface area contributed by atoms with Gasteiger partial charge in [0, 0.05) is 33.9 Å². The zero-order valence-electron chi connectivity index (χ0n) is 14.9. The molecule has 0 unspecified atom stereocenters. The Morgan fingerprint density at radius 2 is 1.41 bits per heavy atom. The van der Waals surface area contributed by atoms with Gasteiger partial charge in [-0.25, -0.2) is 0 Å². The minimum atomic E-state index is -1.61. The highest BCUT2D eigenvalue weighted by molar-refractivity contribution is 7.85. The van der Waals surface area contributed by atoms with Gasteiger partial charge in [0.1, 0.15) is 0 Å². The molecule has 0 heterocycles. The Hall–Kier alpha value is -3.54. The van der Waals surface area contributed by atoms with Crippen molar-refractivity contribution < 1.29 is 23.8 Å². The third-order valence-corrected chi connectivity index (χ3v) is 5.90. The highest BCUT2D eigenvalue weighted by Gasteiger charge is 2.41. The normalized spacial score (nSPS) is 12.9. The minimum absolute atomic E-state index is 0.0576. The van der Waals surface area contributed by atoms with Crippen LogP contribution in [0.15, 0.2) is 29.2 Å². The van der Waals surface area contributed by atoms with E-state index in [0.717, 1.165) is 18.6 Å². The van der Waals surface area contributed by atoms with Gasteiger partial charge in [0.2, 0.25) is 0 Å². The molecule has 3 rings (SSSR count). The largest absolute Gasteiger partial charge is 0.289 e. The molecule has 0 spiro atoms. The monoisotopic (exact) mass is 419 g/mol. The second-order valence-electron chi connectivity index (χ2n) is 6.26. The highest BCUT2D eigenvalue weighted by Crippen LogP contribution is 2.49. The Bertz CT molecular complexity index is 1130. The zero-order chi connectivity index (χ0) is 21.5. The number of rotatable bonds is 7. The molecular weight excluding hydrogens is 406 g/mol. The van der Waals surface area contributed by atoms with E-state index in [-0.39, 0.29) is 32.9 Å². The van der Waals surface area contributed by atoms with Crippen molar-refractivity contribution in [1.82, 2.24) is 0 Å². The van der Waals surface area contributed by atoms with E-state index in [1.54, 1.807) is 0 Å². The molecule has 0 amide bonds. The average molecular weight is 419 g/mol. The molecule has 2 aromatic carbocycles. The van der Waals surface area contributed by atoms with E-state index in [0.29, 0.717) is 12.5 Å². The third kappa shape index (κ3) is 3.38. The number of carbonyl (C=O) groups is 1. The molecule has 0 bridgehead atoms. The molecule has 2 aromatic rings. The predicted octanol–water partition coefficient (Wildman–Crippen LogP) is 3.53. The number of hydrogen-bond donors (Lipinski definition) is 0. The van der Waals surface area contributed by atoms with Crippen LogP contribution < -0.4 is 0 Å². The summed E-state index contributed by atoms with van der Waals surface area (Å²) in [6.45, 7) is 1.88. The molecule has 150 valence electrons. The van der Waals surface area contributed by atoms with Crippen LogP contribution in [0, 0.1) is 30.3 Å². The van der Waals surface area contributed by atoms with Crippen LogP contribution in [-0.4, -0.2) is 30.5 Å². The van der Waals surface area contributed by atoms with Crippen LogP contribution in [0.3, 0.4) is 0 Å². The van der Waals surface area contributed by atoms with Crippen LogP contribution in [0.5, 0.6) is 0 Å². The quantitative estimate of drug-likeness (QED) is 0.414. The van der Waals surface area contributed by atoms with Crippen molar-refractivity contribution in [3.63, 3.8) is 0 Å². The lowest BCUT2D eigenvalue weighted by atomic mass is 10.0. The fourth-order valence-electron chi connectivity index (χ4n) is 3.16. The Morgan fingerprint density at radius 3 is 1.93 bits per heavy atom. The fraction of sp³-hybridized carbons (Fsp3) is 0.235. The van der Waals surface area contributed by atoms with Gasteiger partial charge in [-0.1, -0.05) is 13.3 Å². The molecule has 0 N–H and O–H groups in total. The number of nitro benzene ring substituents is 3. The number of hydrogen-bond acceptors (Lipinski definition) is 8. The van der Waals surface area contributed by atoms with Crippen LogP contribution in [-0.2, 0) is 10.8 Å². The lowest BCUT2D eigenvalue weighted by Gasteiger charge is -2.07. The van der Waals surface area contributed by atoms with Crippen molar-refractivity contribution in [1.29, 1.82) is 0 Å². The number of non-ortho nitro benzene ring substituents is 1. The number of nitro groups is 3. The second-order valence-corrected chi connectivity index (χ2v) is 7.83. The smallest absolute Gasteiger partial charge is 0.285 e. The van der Waals surface area contributed by atoms with Crippen molar-refractivity contribution >= 4 is 33.6 Å². The van der Waals surface area contributed by atoms with Crippen LogP contribution in [0.4, 0.5) is 17.1 Å². The molecule has 12 heteroatoms. The standard InChI is InChI=1S/C17H13N3O8S/c1-2-3-4-29(28)10-7-12-16(14(8-10)20(26)27)15-11(17(12)21)5-9(18(22)23)6-13(15)19(24)25/h5-8H,2-4H2,1H3/t29-/m1/s1. The number of nitrogens with zero attached hydrogens (tertiary/aromatic N) is 3. The first kappa shape index (κ1) is 20.2. The lowest BCUT2D eigenvalue weighted by Crippen LogP contribution is -2.03. The summed E-state index contributed by atoms with van der Waals surface area (Å²) in [4.78, 5) is 44.5. The van der Waals surface area contributed by atoms with Crippen molar-refractivity contribution in [2.75, 3.05) is 5.75 Å². The molecule has 0 saturated carbocycles. The molecule has 11 nitrogen and oxygen atoms in total. The summed E-state index contributed by atoms with van der Waals surface area (Å²) in [5.74, 6) is -0.585. The molecule has 0 saturated heterocycles.